The second-order valence-corrected chi connectivity index (χ2v) is 7.13. The van der Waals surface area contributed by atoms with E-state index in [-0.39, 0.29) is 5.82 Å². The Kier molecular flexibility index (Phi) is 4.71. The molecule has 0 aliphatic carbocycles. The minimum Gasteiger partial charge on any atom is -0.309 e. The molecule has 0 aliphatic rings. The van der Waals surface area contributed by atoms with Gasteiger partial charge in [-0.2, -0.15) is 0 Å². The molecule has 0 atom stereocenters. The van der Waals surface area contributed by atoms with Gasteiger partial charge in [0, 0.05) is 19.2 Å². The van der Waals surface area contributed by atoms with Gasteiger partial charge in [-0.05, 0) is 34.0 Å². The number of aromatic nitrogens is 3. The Labute approximate surface area is 155 Å². The lowest BCUT2D eigenvalue weighted by Gasteiger charge is -2.07. The van der Waals surface area contributed by atoms with Crippen LogP contribution in [-0.4, -0.2) is 14.8 Å². The molecule has 3 aromatic carbocycles. The van der Waals surface area contributed by atoms with Crippen LogP contribution in [-0.2, 0) is 19.2 Å². The first kappa shape index (κ1) is 16.8. The lowest BCUT2D eigenvalue weighted by Crippen LogP contribution is -2.01. The maximum Gasteiger partial charge on any atom is 0.191 e. The first-order valence-corrected chi connectivity index (χ1v) is 9.41. The fraction of sp³-hybridized carbons (Fsp3) is 0.143. The van der Waals surface area contributed by atoms with Crippen molar-refractivity contribution in [2.24, 2.45) is 7.05 Å². The van der Waals surface area contributed by atoms with E-state index in [1.54, 1.807) is 23.9 Å². The third-order valence-corrected chi connectivity index (χ3v) is 5.50. The highest BCUT2D eigenvalue weighted by Crippen LogP contribution is 2.24. The molecule has 0 saturated carbocycles. The summed E-state index contributed by atoms with van der Waals surface area (Å²) in [6.45, 7) is 0. The molecule has 4 rings (SSSR count). The van der Waals surface area contributed by atoms with Crippen LogP contribution >= 0.6 is 11.8 Å². The molecule has 5 heteroatoms. The van der Waals surface area contributed by atoms with Crippen LogP contribution in [0.15, 0.2) is 71.9 Å². The summed E-state index contributed by atoms with van der Waals surface area (Å²) in [6.07, 6.45) is 0.728. The van der Waals surface area contributed by atoms with E-state index in [9.17, 15) is 4.39 Å². The number of fused-ring (bicyclic) bond motifs is 1. The highest BCUT2D eigenvalue weighted by atomic mass is 32.2. The Bertz CT molecular complexity index is 1050. The summed E-state index contributed by atoms with van der Waals surface area (Å²) < 4.78 is 15.3. The molecule has 3 nitrogen and oxygen atoms in total. The third kappa shape index (κ3) is 3.48. The lowest BCUT2D eigenvalue weighted by molar-refractivity contribution is 0.626. The largest absolute Gasteiger partial charge is 0.309 e. The summed E-state index contributed by atoms with van der Waals surface area (Å²) in [5.74, 6) is 1.37. The van der Waals surface area contributed by atoms with E-state index in [1.165, 1.54) is 22.4 Å². The van der Waals surface area contributed by atoms with Crippen molar-refractivity contribution in [3.63, 3.8) is 0 Å². The molecular formula is C21H18FN3S. The first-order chi connectivity index (χ1) is 12.7. The molecule has 130 valence electrons. The molecule has 0 N–H and O–H groups in total. The highest BCUT2D eigenvalue weighted by molar-refractivity contribution is 7.98. The SMILES string of the molecule is Cn1c(Cc2cccc3ccccc23)nnc1SCc1cccc(F)c1. The van der Waals surface area contributed by atoms with Gasteiger partial charge in [-0.1, -0.05) is 66.4 Å². The van der Waals surface area contributed by atoms with Gasteiger partial charge < -0.3 is 4.57 Å². The summed E-state index contributed by atoms with van der Waals surface area (Å²) in [7, 11) is 1.98. The number of nitrogens with zero attached hydrogens (tertiary/aromatic N) is 3. The predicted molar refractivity (Wildman–Crippen MR) is 104 cm³/mol. The average Bonchev–Trinajstić information content (AvgIpc) is 3.00. The number of benzene rings is 3. The van der Waals surface area contributed by atoms with E-state index < -0.39 is 0 Å². The van der Waals surface area contributed by atoms with Crippen molar-refractivity contribution < 1.29 is 4.39 Å². The van der Waals surface area contributed by atoms with Gasteiger partial charge in [0.2, 0.25) is 0 Å². The molecule has 0 saturated heterocycles. The number of rotatable bonds is 5. The molecule has 1 heterocycles. The van der Waals surface area contributed by atoms with Crippen LogP contribution in [0.5, 0.6) is 0 Å². The van der Waals surface area contributed by atoms with E-state index in [0.29, 0.717) is 5.75 Å². The zero-order valence-electron chi connectivity index (χ0n) is 14.4. The first-order valence-electron chi connectivity index (χ1n) is 8.43. The lowest BCUT2D eigenvalue weighted by atomic mass is 10.0. The van der Waals surface area contributed by atoms with Crippen LogP contribution in [0.4, 0.5) is 4.39 Å². The molecule has 0 fully saturated rings. The quantitative estimate of drug-likeness (QED) is 0.468. The molecule has 0 bridgehead atoms. The number of hydrogen-bond acceptors (Lipinski definition) is 3. The van der Waals surface area contributed by atoms with Crippen molar-refractivity contribution in [3.05, 3.63) is 89.5 Å². The van der Waals surface area contributed by atoms with Gasteiger partial charge in [-0.15, -0.1) is 10.2 Å². The molecule has 1 aromatic heterocycles. The van der Waals surface area contributed by atoms with Gasteiger partial charge in [-0.25, -0.2) is 4.39 Å². The van der Waals surface area contributed by atoms with Gasteiger partial charge in [0.05, 0.1) is 0 Å². The Balaban J connectivity index is 1.53. The van der Waals surface area contributed by atoms with Crippen LogP contribution in [0, 0.1) is 5.82 Å². The Morgan fingerprint density at radius 2 is 1.77 bits per heavy atom. The van der Waals surface area contributed by atoms with Gasteiger partial charge in [0.1, 0.15) is 11.6 Å². The zero-order chi connectivity index (χ0) is 17.9. The molecule has 0 amide bonds. The summed E-state index contributed by atoms with van der Waals surface area (Å²) in [5.41, 5.74) is 2.17. The molecule has 0 spiro atoms. The van der Waals surface area contributed by atoms with Crippen LogP contribution in [0.25, 0.3) is 10.8 Å². The topological polar surface area (TPSA) is 30.7 Å². The zero-order valence-corrected chi connectivity index (χ0v) is 15.2. The van der Waals surface area contributed by atoms with Crippen molar-refractivity contribution in [2.45, 2.75) is 17.3 Å². The van der Waals surface area contributed by atoms with Crippen LogP contribution < -0.4 is 0 Å². The van der Waals surface area contributed by atoms with E-state index >= 15 is 0 Å². The van der Waals surface area contributed by atoms with Gasteiger partial charge in [0.25, 0.3) is 0 Å². The Morgan fingerprint density at radius 3 is 2.65 bits per heavy atom. The molecule has 26 heavy (non-hydrogen) atoms. The Hall–Kier alpha value is -2.66. The third-order valence-electron chi connectivity index (χ3n) is 4.41. The van der Waals surface area contributed by atoms with Crippen molar-refractivity contribution in [1.82, 2.24) is 14.8 Å². The minimum atomic E-state index is -0.210. The second-order valence-electron chi connectivity index (χ2n) is 6.19. The molecule has 4 aromatic rings. The van der Waals surface area contributed by atoms with Gasteiger partial charge in [-0.3, -0.25) is 0 Å². The highest BCUT2D eigenvalue weighted by Gasteiger charge is 2.11. The predicted octanol–water partition coefficient (Wildman–Crippen LogP) is 4.99. The average molecular weight is 363 g/mol. The molecule has 0 aliphatic heterocycles. The fourth-order valence-corrected chi connectivity index (χ4v) is 3.89. The van der Waals surface area contributed by atoms with E-state index in [1.807, 2.05) is 17.7 Å². The van der Waals surface area contributed by atoms with E-state index in [2.05, 4.69) is 52.7 Å². The van der Waals surface area contributed by atoms with Crippen LogP contribution in [0.3, 0.4) is 0 Å². The minimum absolute atomic E-state index is 0.210. The molecule has 0 unspecified atom stereocenters. The van der Waals surface area contributed by atoms with Crippen LogP contribution in [0.1, 0.15) is 17.0 Å². The summed E-state index contributed by atoms with van der Waals surface area (Å²) in [6, 6.07) is 21.4. The van der Waals surface area contributed by atoms with Crippen molar-refractivity contribution in [1.29, 1.82) is 0 Å². The van der Waals surface area contributed by atoms with Crippen molar-refractivity contribution >= 4 is 22.5 Å². The second kappa shape index (κ2) is 7.30. The van der Waals surface area contributed by atoms with E-state index in [4.69, 9.17) is 0 Å². The summed E-state index contributed by atoms with van der Waals surface area (Å²) in [5, 5.41) is 12.0. The fourth-order valence-electron chi connectivity index (χ4n) is 3.02. The normalized spacial score (nSPS) is 11.2. The van der Waals surface area contributed by atoms with Gasteiger partial charge in [0.15, 0.2) is 5.16 Å². The maximum atomic E-state index is 13.3. The number of halogens is 1. The van der Waals surface area contributed by atoms with E-state index in [0.717, 1.165) is 23.0 Å². The van der Waals surface area contributed by atoms with Crippen LogP contribution in [0.2, 0.25) is 0 Å². The molecular weight excluding hydrogens is 345 g/mol. The number of thioether (sulfide) groups is 1. The van der Waals surface area contributed by atoms with Crippen molar-refractivity contribution in [3.8, 4) is 0 Å². The van der Waals surface area contributed by atoms with Gasteiger partial charge >= 0.3 is 0 Å². The Morgan fingerprint density at radius 1 is 0.962 bits per heavy atom. The maximum absolute atomic E-state index is 13.3. The standard InChI is InChI=1S/C21H18FN3S/c1-25-20(13-17-9-5-8-16-7-2-3-11-19(16)17)23-24-21(25)26-14-15-6-4-10-18(22)12-15/h2-12H,13-14H2,1H3. The smallest absolute Gasteiger partial charge is 0.191 e. The molecule has 0 radical (unpaired) electrons. The summed E-state index contributed by atoms with van der Waals surface area (Å²) >= 11 is 1.57. The monoisotopic (exact) mass is 363 g/mol. The summed E-state index contributed by atoms with van der Waals surface area (Å²) in [4.78, 5) is 0. The number of hydrogen-bond donors (Lipinski definition) is 0. The van der Waals surface area contributed by atoms with Crippen molar-refractivity contribution in [2.75, 3.05) is 0 Å².